The van der Waals surface area contributed by atoms with E-state index in [1.165, 1.54) is 18.6 Å². The number of nitrogens with one attached hydrogen (secondary N) is 1. The molecule has 0 amide bonds. The van der Waals surface area contributed by atoms with E-state index in [0.717, 1.165) is 23.1 Å². The molecule has 1 N–H and O–H groups in total. The highest BCUT2D eigenvalue weighted by molar-refractivity contribution is 8.01. The van der Waals surface area contributed by atoms with Crippen LogP contribution in [-0.2, 0) is 9.53 Å². The van der Waals surface area contributed by atoms with E-state index >= 15 is 0 Å². The van der Waals surface area contributed by atoms with Crippen LogP contribution in [0.1, 0.15) is 39.4 Å². The molecule has 5 nitrogen and oxygen atoms in total. The van der Waals surface area contributed by atoms with Crippen LogP contribution in [0.4, 0.5) is 0 Å². The topological polar surface area (TPSA) is 64.1 Å². The number of methoxy groups -OCH3 is 1. The van der Waals surface area contributed by atoms with Gasteiger partial charge in [0.05, 0.1) is 7.11 Å². The maximum absolute atomic E-state index is 12.0. The molecule has 20 heavy (non-hydrogen) atoms. The molecule has 114 valence electrons. The Balaban J connectivity index is 2.65. The maximum atomic E-state index is 12.0. The van der Waals surface area contributed by atoms with Crippen LogP contribution in [0.3, 0.4) is 0 Å². The molecule has 0 aliphatic rings. The Labute approximate surface area is 129 Å². The Morgan fingerprint density at radius 1 is 1.60 bits per heavy atom. The molecule has 0 aliphatic heterocycles. The van der Waals surface area contributed by atoms with Crippen molar-refractivity contribution in [3.63, 3.8) is 0 Å². The van der Waals surface area contributed by atoms with E-state index < -0.39 is 5.54 Å². The second-order valence-corrected chi connectivity index (χ2v) is 7.43. The number of aromatic nitrogens is 2. The number of nitrogens with zero attached hydrogens (tertiary/aromatic N) is 2. The molecule has 1 aromatic heterocycles. The molecule has 0 aromatic carbocycles. The van der Waals surface area contributed by atoms with E-state index in [0.29, 0.717) is 6.42 Å². The first-order chi connectivity index (χ1) is 9.41. The van der Waals surface area contributed by atoms with Gasteiger partial charge in [-0.1, -0.05) is 25.6 Å². The van der Waals surface area contributed by atoms with Crippen molar-refractivity contribution in [1.82, 2.24) is 14.7 Å². The van der Waals surface area contributed by atoms with Crippen LogP contribution in [-0.4, -0.2) is 39.8 Å². The first kappa shape index (κ1) is 17.4. The van der Waals surface area contributed by atoms with Crippen LogP contribution in [0, 0.1) is 6.92 Å². The predicted octanol–water partition coefficient (Wildman–Crippen LogP) is 2.65. The van der Waals surface area contributed by atoms with Gasteiger partial charge in [0.25, 0.3) is 0 Å². The number of rotatable bonds is 8. The average Bonchev–Trinajstić information content (AvgIpc) is 2.80. The molecule has 2 atom stereocenters. The highest BCUT2D eigenvalue weighted by Crippen LogP contribution is 2.30. The SMILES string of the molecule is CCCNC(C)(CC(C)Sc1nc(C)ns1)C(=O)OC. The Kier molecular flexibility index (Phi) is 6.91. The van der Waals surface area contributed by atoms with Crippen molar-refractivity contribution in [2.45, 2.75) is 55.7 Å². The summed E-state index contributed by atoms with van der Waals surface area (Å²) in [6.07, 6.45) is 1.66. The summed E-state index contributed by atoms with van der Waals surface area (Å²) >= 11 is 3.05. The standard InChI is InChI=1S/C13H23N3O2S2/c1-6-7-14-13(4,11(17)18-5)8-9(2)19-12-15-10(3)16-20-12/h9,14H,6-8H2,1-5H3. The van der Waals surface area contributed by atoms with Gasteiger partial charge >= 0.3 is 5.97 Å². The Morgan fingerprint density at radius 2 is 2.30 bits per heavy atom. The van der Waals surface area contributed by atoms with Gasteiger partial charge in [0.15, 0.2) is 4.34 Å². The van der Waals surface area contributed by atoms with Gasteiger partial charge in [0.1, 0.15) is 11.4 Å². The van der Waals surface area contributed by atoms with Gasteiger partial charge in [-0.3, -0.25) is 4.79 Å². The smallest absolute Gasteiger partial charge is 0.325 e. The third-order valence-corrected chi connectivity index (χ3v) is 4.88. The monoisotopic (exact) mass is 317 g/mol. The second kappa shape index (κ2) is 7.95. The number of esters is 1. The molecule has 1 heterocycles. The predicted molar refractivity (Wildman–Crippen MR) is 83.3 cm³/mol. The number of aryl methyl sites for hydroxylation is 1. The zero-order chi connectivity index (χ0) is 15.2. The summed E-state index contributed by atoms with van der Waals surface area (Å²) in [5.41, 5.74) is -0.656. The van der Waals surface area contributed by atoms with Gasteiger partial charge in [-0.15, -0.1) is 0 Å². The molecule has 7 heteroatoms. The lowest BCUT2D eigenvalue weighted by atomic mass is 9.96. The minimum absolute atomic E-state index is 0.216. The van der Waals surface area contributed by atoms with E-state index in [9.17, 15) is 4.79 Å². The fraction of sp³-hybridized carbons (Fsp3) is 0.769. The minimum Gasteiger partial charge on any atom is -0.468 e. The lowest BCUT2D eigenvalue weighted by Crippen LogP contribution is -2.51. The lowest BCUT2D eigenvalue weighted by Gasteiger charge is -2.30. The third kappa shape index (κ3) is 5.03. The van der Waals surface area contributed by atoms with Crippen LogP contribution < -0.4 is 5.32 Å². The number of thioether (sulfide) groups is 1. The minimum atomic E-state index is -0.656. The molecule has 1 aromatic rings. The molecule has 0 spiro atoms. The van der Waals surface area contributed by atoms with Crippen molar-refractivity contribution < 1.29 is 9.53 Å². The summed E-state index contributed by atoms with van der Waals surface area (Å²) in [5.74, 6) is 0.580. The number of ether oxygens (including phenoxy) is 1. The summed E-state index contributed by atoms with van der Waals surface area (Å²) < 4.78 is 10.0. The maximum Gasteiger partial charge on any atom is 0.325 e. The van der Waals surface area contributed by atoms with Crippen molar-refractivity contribution >= 4 is 29.3 Å². The number of hydrogen-bond donors (Lipinski definition) is 1. The van der Waals surface area contributed by atoms with Crippen LogP contribution in [0.15, 0.2) is 4.34 Å². The van der Waals surface area contributed by atoms with Gasteiger partial charge in [0, 0.05) is 5.25 Å². The first-order valence-corrected chi connectivity index (χ1v) is 8.37. The fourth-order valence-electron chi connectivity index (χ4n) is 1.97. The van der Waals surface area contributed by atoms with E-state index in [1.807, 2.05) is 13.8 Å². The van der Waals surface area contributed by atoms with Gasteiger partial charge in [-0.25, -0.2) is 4.98 Å². The van der Waals surface area contributed by atoms with E-state index in [1.54, 1.807) is 11.8 Å². The summed E-state index contributed by atoms with van der Waals surface area (Å²) in [6.45, 7) is 8.74. The van der Waals surface area contributed by atoms with E-state index in [-0.39, 0.29) is 11.2 Å². The zero-order valence-corrected chi connectivity index (χ0v) is 14.4. The van der Waals surface area contributed by atoms with Crippen LogP contribution in [0.5, 0.6) is 0 Å². The molecule has 0 aliphatic carbocycles. The Hall–Kier alpha value is -0.660. The van der Waals surface area contributed by atoms with E-state index in [4.69, 9.17) is 4.74 Å². The lowest BCUT2D eigenvalue weighted by molar-refractivity contribution is -0.148. The van der Waals surface area contributed by atoms with E-state index in [2.05, 4.69) is 28.5 Å². The number of hydrogen-bond acceptors (Lipinski definition) is 7. The van der Waals surface area contributed by atoms with Crippen LogP contribution >= 0.6 is 23.3 Å². The molecule has 0 bridgehead atoms. The Morgan fingerprint density at radius 3 is 2.80 bits per heavy atom. The van der Waals surface area contributed by atoms with Gasteiger partial charge < -0.3 is 10.1 Å². The fourth-order valence-corrected chi connectivity index (χ4v) is 4.11. The molecule has 1 rings (SSSR count). The van der Waals surface area contributed by atoms with Gasteiger partial charge in [-0.05, 0) is 44.8 Å². The average molecular weight is 317 g/mol. The quantitative estimate of drug-likeness (QED) is 0.587. The van der Waals surface area contributed by atoms with Crippen LogP contribution in [0.25, 0.3) is 0 Å². The largest absolute Gasteiger partial charge is 0.468 e. The van der Waals surface area contributed by atoms with Crippen LogP contribution in [0.2, 0.25) is 0 Å². The van der Waals surface area contributed by atoms with Gasteiger partial charge in [0.2, 0.25) is 0 Å². The summed E-state index contributed by atoms with van der Waals surface area (Å²) in [5, 5.41) is 3.54. The van der Waals surface area contributed by atoms with Gasteiger partial charge in [-0.2, -0.15) is 4.37 Å². The van der Waals surface area contributed by atoms with Crippen molar-refractivity contribution in [2.24, 2.45) is 0 Å². The molecule has 0 fully saturated rings. The Bertz CT molecular complexity index is 439. The van der Waals surface area contributed by atoms with Crippen molar-refractivity contribution in [1.29, 1.82) is 0 Å². The van der Waals surface area contributed by atoms with Crippen molar-refractivity contribution in [3.8, 4) is 0 Å². The second-order valence-electron chi connectivity index (χ2n) is 4.99. The highest BCUT2D eigenvalue weighted by Gasteiger charge is 2.35. The molecular weight excluding hydrogens is 294 g/mol. The molecule has 0 radical (unpaired) electrons. The van der Waals surface area contributed by atoms with Crippen molar-refractivity contribution in [3.05, 3.63) is 5.82 Å². The molecule has 2 unspecified atom stereocenters. The normalized spacial score (nSPS) is 15.7. The summed E-state index contributed by atoms with van der Waals surface area (Å²) in [4.78, 5) is 16.4. The summed E-state index contributed by atoms with van der Waals surface area (Å²) in [7, 11) is 1.43. The summed E-state index contributed by atoms with van der Waals surface area (Å²) in [6, 6.07) is 0. The number of carbonyl (C=O) groups is 1. The number of carbonyl (C=O) groups excluding carboxylic acids is 1. The first-order valence-electron chi connectivity index (χ1n) is 6.71. The molecule has 0 saturated heterocycles. The van der Waals surface area contributed by atoms with Crippen molar-refractivity contribution in [2.75, 3.05) is 13.7 Å². The zero-order valence-electron chi connectivity index (χ0n) is 12.7. The third-order valence-electron chi connectivity index (χ3n) is 2.91. The highest BCUT2D eigenvalue weighted by atomic mass is 32.2. The molecular formula is C13H23N3O2S2. The molecule has 0 saturated carbocycles.